The fourth-order valence-corrected chi connectivity index (χ4v) is 1.04. The second-order valence-electron chi connectivity index (χ2n) is 2.57. The van der Waals surface area contributed by atoms with Gasteiger partial charge in [-0.3, -0.25) is 0 Å². The van der Waals surface area contributed by atoms with E-state index < -0.39 is 0 Å². The highest BCUT2D eigenvalue weighted by Crippen LogP contribution is 1.89. The monoisotopic (exact) mass is 160 g/mol. The quantitative estimate of drug-likeness (QED) is 0.544. The van der Waals surface area contributed by atoms with E-state index in [9.17, 15) is 0 Å². The zero-order valence-corrected chi connectivity index (χ0v) is 7.68. The lowest BCUT2D eigenvalue weighted by atomic mass is 10.4. The Balaban J connectivity index is 3.20. The summed E-state index contributed by atoms with van der Waals surface area (Å²) in [4.78, 5) is 2.33. The molecule has 0 radical (unpaired) electrons. The van der Waals surface area contributed by atoms with Crippen LogP contribution in [0.2, 0.25) is 0 Å². The molecule has 0 rings (SSSR count). The highest BCUT2D eigenvalue weighted by molar-refractivity contribution is 4.54. The van der Waals surface area contributed by atoms with Gasteiger partial charge in [-0.25, -0.2) is 0 Å². The van der Waals surface area contributed by atoms with Crippen molar-refractivity contribution in [2.75, 3.05) is 39.9 Å². The molecule has 0 aromatic rings. The van der Waals surface area contributed by atoms with Crippen molar-refractivity contribution in [3.05, 3.63) is 0 Å². The summed E-state index contributed by atoms with van der Waals surface area (Å²) in [5.74, 6) is 0. The molecule has 3 nitrogen and oxygen atoms in total. The Morgan fingerprint density at radius 3 is 2.55 bits per heavy atom. The van der Waals surface area contributed by atoms with E-state index in [4.69, 9.17) is 10.5 Å². The lowest BCUT2D eigenvalue weighted by Gasteiger charge is -2.18. The molecule has 0 atom stereocenters. The summed E-state index contributed by atoms with van der Waals surface area (Å²) in [6.07, 6.45) is 1.10. The van der Waals surface area contributed by atoms with Gasteiger partial charge < -0.3 is 15.4 Å². The minimum atomic E-state index is 0.751. The summed E-state index contributed by atoms with van der Waals surface area (Å²) in [7, 11) is 1.74. The second kappa shape index (κ2) is 7.98. The molecule has 0 spiro atoms. The van der Waals surface area contributed by atoms with E-state index in [0.717, 1.165) is 39.2 Å². The molecule has 3 heteroatoms. The fourth-order valence-electron chi connectivity index (χ4n) is 1.04. The minimum absolute atomic E-state index is 0.751. The molecule has 0 aliphatic rings. The van der Waals surface area contributed by atoms with Crippen LogP contribution in [-0.4, -0.2) is 44.8 Å². The summed E-state index contributed by atoms with van der Waals surface area (Å²) in [6.45, 7) is 6.94. The number of ether oxygens (including phenoxy) is 1. The van der Waals surface area contributed by atoms with Gasteiger partial charge in [0, 0.05) is 33.4 Å². The van der Waals surface area contributed by atoms with E-state index in [2.05, 4.69) is 11.8 Å². The van der Waals surface area contributed by atoms with Crippen molar-refractivity contribution in [3.8, 4) is 0 Å². The van der Waals surface area contributed by atoms with Crippen molar-refractivity contribution in [3.63, 3.8) is 0 Å². The molecule has 68 valence electrons. The Morgan fingerprint density at radius 2 is 2.09 bits per heavy atom. The molecule has 0 aliphatic heterocycles. The third kappa shape index (κ3) is 6.28. The normalized spacial score (nSPS) is 10.9. The van der Waals surface area contributed by atoms with Crippen molar-refractivity contribution in [2.45, 2.75) is 13.3 Å². The molecule has 0 saturated carbocycles. The number of rotatable bonds is 7. The summed E-state index contributed by atoms with van der Waals surface area (Å²) in [5.41, 5.74) is 5.44. The van der Waals surface area contributed by atoms with Crippen LogP contribution in [0.3, 0.4) is 0 Å². The first-order valence-corrected chi connectivity index (χ1v) is 4.26. The van der Waals surface area contributed by atoms with Crippen LogP contribution < -0.4 is 5.73 Å². The molecule has 0 amide bonds. The van der Waals surface area contributed by atoms with E-state index in [1.54, 1.807) is 7.11 Å². The van der Waals surface area contributed by atoms with E-state index >= 15 is 0 Å². The minimum Gasteiger partial charge on any atom is -0.385 e. The SMILES string of the molecule is CCN(CCN)CCCOC. The zero-order valence-electron chi connectivity index (χ0n) is 7.68. The van der Waals surface area contributed by atoms with Gasteiger partial charge in [0.05, 0.1) is 0 Å². The number of nitrogens with zero attached hydrogens (tertiary/aromatic N) is 1. The lowest BCUT2D eigenvalue weighted by Crippen LogP contribution is -2.30. The Labute approximate surface area is 69.5 Å². The van der Waals surface area contributed by atoms with Gasteiger partial charge in [0.1, 0.15) is 0 Å². The molecule has 0 saturated heterocycles. The van der Waals surface area contributed by atoms with Crippen LogP contribution in [0.15, 0.2) is 0 Å². The standard InChI is InChI=1S/C8H20N2O/c1-3-10(7-5-9)6-4-8-11-2/h3-9H2,1-2H3. The first-order valence-electron chi connectivity index (χ1n) is 4.26. The summed E-state index contributed by atoms with van der Waals surface area (Å²) in [6, 6.07) is 0. The molecule has 0 heterocycles. The van der Waals surface area contributed by atoms with Crippen molar-refractivity contribution in [1.29, 1.82) is 0 Å². The highest BCUT2D eigenvalue weighted by Gasteiger charge is 1.98. The molecule has 0 bridgehead atoms. The zero-order chi connectivity index (χ0) is 8.53. The summed E-state index contributed by atoms with van der Waals surface area (Å²) >= 11 is 0. The van der Waals surface area contributed by atoms with E-state index in [0.29, 0.717) is 0 Å². The van der Waals surface area contributed by atoms with Crippen molar-refractivity contribution < 1.29 is 4.74 Å². The number of hydrogen-bond acceptors (Lipinski definition) is 3. The van der Waals surface area contributed by atoms with Gasteiger partial charge in [0.2, 0.25) is 0 Å². The van der Waals surface area contributed by atoms with Crippen LogP contribution in [0, 0.1) is 0 Å². The summed E-state index contributed by atoms with van der Waals surface area (Å²) < 4.78 is 4.96. The average Bonchev–Trinajstić information content (AvgIpc) is 2.03. The average molecular weight is 160 g/mol. The molecule has 11 heavy (non-hydrogen) atoms. The third-order valence-corrected chi connectivity index (χ3v) is 1.72. The third-order valence-electron chi connectivity index (χ3n) is 1.72. The number of hydrogen-bond donors (Lipinski definition) is 1. The van der Waals surface area contributed by atoms with E-state index in [1.807, 2.05) is 0 Å². The molecule has 0 aromatic carbocycles. The Morgan fingerprint density at radius 1 is 1.36 bits per heavy atom. The Kier molecular flexibility index (Phi) is 7.89. The number of nitrogens with two attached hydrogens (primary N) is 1. The fraction of sp³-hybridized carbons (Fsp3) is 1.00. The maximum atomic E-state index is 5.44. The highest BCUT2D eigenvalue weighted by atomic mass is 16.5. The van der Waals surface area contributed by atoms with Crippen LogP contribution in [0.1, 0.15) is 13.3 Å². The topological polar surface area (TPSA) is 38.5 Å². The molecule has 0 aromatic heterocycles. The molecule has 0 aliphatic carbocycles. The van der Waals surface area contributed by atoms with Gasteiger partial charge in [-0.1, -0.05) is 6.92 Å². The maximum Gasteiger partial charge on any atom is 0.0474 e. The van der Waals surface area contributed by atoms with Crippen LogP contribution in [0.25, 0.3) is 0 Å². The summed E-state index contributed by atoms with van der Waals surface area (Å²) in [5, 5.41) is 0. The predicted molar refractivity (Wildman–Crippen MR) is 47.7 cm³/mol. The van der Waals surface area contributed by atoms with Crippen molar-refractivity contribution in [1.82, 2.24) is 4.90 Å². The van der Waals surface area contributed by atoms with Gasteiger partial charge in [-0.05, 0) is 13.0 Å². The number of methoxy groups -OCH3 is 1. The van der Waals surface area contributed by atoms with Gasteiger partial charge in [-0.15, -0.1) is 0 Å². The molecular weight excluding hydrogens is 140 g/mol. The van der Waals surface area contributed by atoms with E-state index in [1.165, 1.54) is 0 Å². The van der Waals surface area contributed by atoms with Crippen LogP contribution >= 0.6 is 0 Å². The molecule has 0 unspecified atom stereocenters. The van der Waals surface area contributed by atoms with Crippen LogP contribution in [-0.2, 0) is 4.74 Å². The van der Waals surface area contributed by atoms with Gasteiger partial charge in [-0.2, -0.15) is 0 Å². The first-order chi connectivity index (χ1) is 5.35. The predicted octanol–water partition coefficient (Wildman–Crippen LogP) is 0.303. The maximum absolute atomic E-state index is 5.44. The van der Waals surface area contributed by atoms with Crippen molar-refractivity contribution in [2.24, 2.45) is 5.73 Å². The van der Waals surface area contributed by atoms with Gasteiger partial charge in [0.25, 0.3) is 0 Å². The molecule has 2 N–H and O–H groups in total. The first kappa shape index (κ1) is 10.9. The van der Waals surface area contributed by atoms with Crippen LogP contribution in [0.4, 0.5) is 0 Å². The Bertz CT molecular complexity index is 78.5. The van der Waals surface area contributed by atoms with Crippen LogP contribution in [0.5, 0.6) is 0 Å². The van der Waals surface area contributed by atoms with Gasteiger partial charge >= 0.3 is 0 Å². The smallest absolute Gasteiger partial charge is 0.0474 e. The van der Waals surface area contributed by atoms with Gasteiger partial charge in [0.15, 0.2) is 0 Å². The largest absolute Gasteiger partial charge is 0.385 e. The molecular formula is C8H20N2O. The number of likely N-dealkylation sites (N-methyl/N-ethyl adjacent to an activating group) is 1. The van der Waals surface area contributed by atoms with E-state index in [-0.39, 0.29) is 0 Å². The lowest BCUT2D eigenvalue weighted by molar-refractivity contribution is 0.174. The Hall–Kier alpha value is -0.120. The second-order valence-corrected chi connectivity index (χ2v) is 2.57. The molecule has 0 fully saturated rings. The van der Waals surface area contributed by atoms with Crippen molar-refractivity contribution >= 4 is 0 Å².